The van der Waals surface area contributed by atoms with Gasteiger partial charge in [-0.05, 0) is 64.2 Å². The summed E-state index contributed by atoms with van der Waals surface area (Å²) in [5.74, 6) is -0.169. The molecule has 11 nitrogen and oxygen atoms in total. The summed E-state index contributed by atoms with van der Waals surface area (Å²) in [6.45, 7) is 4.35. The highest BCUT2D eigenvalue weighted by molar-refractivity contribution is 5.76. The van der Waals surface area contributed by atoms with E-state index < -0.39 is 49.5 Å². The number of hydrogen-bond acceptors (Lipinski definition) is 10. The van der Waals surface area contributed by atoms with E-state index in [4.69, 9.17) is 14.2 Å². The molecule has 1 fully saturated rings. The van der Waals surface area contributed by atoms with E-state index in [2.05, 4.69) is 43.5 Å². The normalized spacial score (nSPS) is 18.2. The minimum Gasteiger partial charge on any atom is -0.466 e. The Bertz CT molecular complexity index is 1490. The van der Waals surface area contributed by atoms with E-state index in [1.54, 1.807) is 6.08 Å². The molecule has 0 aromatic heterocycles. The van der Waals surface area contributed by atoms with Crippen LogP contribution in [-0.4, -0.2) is 100 Å². The summed E-state index contributed by atoms with van der Waals surface area (Å²) in [6.07, 6.45) is 70.2. The van der Waals surface area contributed by atoms with E-state index >= 15 is 0 Å². The average Bonchev–Trinajstić information content (AvgIpc) is 3.69. The van der Waals surface area contributed by atoms with E-state index in [0.717, 1.165) is 57.8 Å². The van der Waals surface area contributed by atoms with Crippen LogP contribution in [0.2, 0.25) is 0 Å². The number of amides is 1. The van der Waals surface area contributed by atoms with Crippen LogP contribution in [0.25, 0.3) is 0 Å². The highest BCUT2D eigenvalue weighted by Crippen LogP contribution is 2.23. The van der Waals surface area contributed by atoms with Crippen molar-refractivity contribution in [2.45, 2.75) is 397 Å². The number of carbonyl (C=O) groups is 2. The minimum atomic E-state index is -1.57. The molecule has 0 spiro atoms. The lowest BCUT2D eigenvalue weighted by molar-refractivity contribution is -0.302. The quantitative estimate of drug-likeness (QED) is 0.0195. The Morgan fingerprint density at radius 1 is 0.440 bits per heavy atom. The van der Waals surface area contributed by atoms with E-state index in [9.17, 15) is 35.1 Å². The zero-order chi connectivity index (χ0) is 60.9. The number of unbranched alkanes of at least 4 members (excludes halogenated alkanes) is 46. The first-order chi connectivity index (χ1) is 41.2. The number of ether oxygens (including phenoxy) is 3. The third-order valence-corrected chi connectivity index (χ3v) is 17.2. The number of aliphatic hydroxyl groups excluding tert-OH is 5. The van der Waals surface area contributed by atoms with E-state index in [-0.39, 0.29) is 18.5 Å². The molecule has 0 aromatic rings. The Morgan fingerprint density at radius 3 is 1.20 bits per heavy atom. The highest BCUT2D eigenvalue weighted by Gasteiger charge is 2.44. The van der Waals surface area contributed by atoms with Gasteiger partial charge in [-0.1, -0.05) is 314 Å². The molecule has 0 bridgehead atoms. The molecule has 1 aliphatic heterocycles. The molecule has 494 valence electrons. The SMILES string of the molecule is CCCCCCCCCC/C=C/C(O)C(COC1OC(CO)C(O)C(O)C1O)NC(=O)CCCCCCCCCCCCCCCCCCC/C=C\C/C=C\CCCCCCCCCCCCCOC(=O)CCCCCCCCCCCCC. The molecule has 6 N–H and O–H groups in total. The molecule has 7 atom stereocenters. The zero-order valence-corrected chi connectivity index (χ0v) is 54.9. The third-order valence-electron chi connectivity index (χ3n) is 17.2. The van der Waals surface area contributed by atoms with Gasteiger partial charge in [0.05, 0.1) is 32.0 Å². The van der Waals surface area contributed by atoms with Crippen molar-refractivity contribution >= 4 is 11.9 Å². The van der Waals surface area contributed by atoms with Gasteiger partial charge in [0.25, 0.3) is 0 Å². The molecule has 1 saturated heterocycles. The van der Waals surface area contributed by atoms with Crippen molar-refractivity contribution in [3.8, 4) is 0 Å². The van der Waals surface area contributed by atoms with Gasteiger partial charge in [-0.3, -0.25) is 9.59 Å². The van der Waals surface area contributed by atoms with Crippen LogP contribution < -0.4 is 5.32 Å². The van der Waals surface area contributed by atoms with Crippen LogP contribution in [0.3, 0.4) is 0 Å². The van der Waals surface area contributed by atoms with Crippen LogP contribution in [0.15, 0.2) is 36.5 Å². The van der Waals surface area contributed by atoms with Crippen molar-refractivity contribution in [3.05, 3.63) is 36.5 Å². The molecular formula is C73H137NO10. The highest BCUT2D eigenvalue weighted by atomic mass is 16.7. The molecule has 11 heteroatoms. The van der Waals surface area contributed by atoms with Crippen LogP contribution in [0.1, 0.15) is 354 Å². The van der Waals surface area contributed by atoms with Crippen LogP contribution in [0, 0.1) is 0 Å². The summed E-state index contributed by atoms with van der Waals surface area (Å²) in [7, 11) is 0. The first-order valence-corrected chi connectivity index (χ1v) is 36.3. The summed E-state index contributed by atoms with van der Waals surface area (Å²) >= 11 is 0. The predicted octanol–water partition coefficient (Wildman–Crippen LogP) is 18.6. The number of nitrogens with one attached hydrogen (secondary N) is 1. The van der Waals surface area contributed by atoms with Gasteiger partial charge in [0.1, 0.15) is 24.4 Å². The standard InChI is InChI=1S/C73H137NO10/c1-3-5-7-9-11-13-40-45-49-53-57-61-69(78)82-62-58-54-50-46-42-39-37-35-33-31-29-27-25-23-21-19-17-15-16-18-20-22-24-26-28-30-32-34-36-38-41-44-48-52-56-60-68(77)74-65(64-83-73-72(81)71(80)70(79)67(63-75)84-73)66(76)59-55-51-47-43-14-12-10-8-6-4-2/h17,19,23,25,55,59,65-67,70-73,75-76,79-81H,3-16,18,20-22,24,26-54,56-58,60-64H2,1-2H3,(H,74,77)/b19-17-,25-23-,59-55+. The van der Waals surface area contributed by atoms with E-state index in [1.165, 1.54) is 270 Å². The van der Waals surface area contributed by atoms with E-state index in [1.807, 2.05) is 6.08 Å². The molecule has 0 saturated carbocycles. The zero-order valence-electron chi connectivity index (χ0n) is 54.9. The second-order valence-corrected chi connectivity index (χ2v) is 25.3. The van der Waals surface area contributed by atoms with Crippen molar-refractivity contribution in [3.63, 3.8) is 0 Å². The lowest BCUT2D eigenvalue weighted by Crippen LogP contribution is -2.60. The van der Waals surface area contributed by atoms with Crippen molar-refractivity contribution in [1.29, 1.82) is 0 Å². The summed E-state index contributed by atoms with van der Waals surface area (Å²) in [6, 6.07) is -0.807. The van der Waals surface area contributed by atoms with Crippen LogP contribution in [-0.2, 0) is 23.8 Å². The van der Waals surface area contributed by atoms with Crippen molar-refractivity contribution in [1.82, 2.24) is 5.32 Å². The van der Waals surface area contributed by atoms with Crippen LogP contribution in [0.4, 0.5) is 0 Å². The Hall–Kier alpha value is -2.12. The fourth-order valence-corrected chi connectivity index (χ4v) is 11.5. The second-order valence-electron chi connectivity index (χ2n) is 25.3. The van der Waals surface area contributed by atoms with Gasteiger partial charge in [0.2, 0.25) is 5.91 Å². The predicted molar refractivity (Wildman–Crippen MR) is 352 cm³/mol. The van der Waals surface area contributed by atoms with Crippen molar-refractivity contribution in [2.24, 2.45) is 0 Å². The summed E-state index contributed by atoms with van der Waals surface area (Å²) < 4.78 is 16.7. The average molecular weight is 1190 g/mol. The summed E-state index contributed by atoms with van der Waals surface area (Å²) in [4.78, 5) is 25.0. The Labute approximate surface area is 517 Å². The van der Waals surface area contributed by atoms with Gasteiger partial charge in [0, 0.05) is 12.8 Å². The van der Waals surface area contributed by atoms with Gasteiger partial charge in [-0.2, -0.15) is 0 Å². The third kappa shape index (κ3) is 50.8. The topological polar surface area (TPSA) is 175 Å². The van der Waals surface area contributed by atoms with Gasteiger partial charge < -0.3 is 45.1 Å². The molecule has 0 radical (unpaired) electrons. The summed E-state index contributed by atoms with van der Waals surface area (Å²) in [5.41, 5.74) is 0. The number of carbonyl (C=O) groups excluding carboxylic acids is 2. The van der Waals surface area contributed by atoms with Crippen LogP contribution >= 0.6 is 0 Å². The maximum Gasteiger partial charge on any atom is 0.305 e. The monoisotopic (exact) mass is 1190 g/mol. The lowest BCUT2D eigenvalue weighted by Gasteiger charge is -2.40. The molecule has 0 aliphatic carbocycles. The Morgan fingerprint density at radius 2 is 0.798 bits per heavy atom. The Balaban J connectivity index is 1.92. The fraction of sp³-hybridized carbons (Fsp3) is 0.890. The molecule has 1 aliphatic rings. The maximum absolute atomic E-state index is 13.0. The minimum absolute atomic E-state index is 0.0100. The number of hydrogen-bond donors (Lipinski definition) is 6. The van der Waals surface area contributed by atoms with Crippen molar-refractivity contribution in [2.75, 3.05) is 19.8 Å². The number of allylic oxidation sites excluding steroid dienone is 5. The van der Waals surface area contributed by atoms with Gasteiger partial charge in [-0.15, -0.1) is 0 Å². The number of esters is 1. The second kappa shape index (κ2) is 62.5. The fourth-order valence-electron chi connectivity index (χ4n) is 11.5. The first-order valence-electron chi connectivity index (χ1n) is 36.3. The largest absolute Gasteiger partial charge is 0.466 e. The van der Waals surface area contributed by atoms with E-state index in [0.29, 0.717) is 19.4 Å². The van der Waals surface area contributed by atoms with Gasteiger partial charge in [0.15, 0.2) is 6.29 Å². The van der Waals surface area contributed by atoms with Crippen molar-refractivity contribution < 1.29 is 49.3 Å². The molecule has 1 heterocycles. The number of aliphatic hydroxyl groups is 5. The molecule has 84 heavy (non-hydrogen) atoms. The molecule has 1 rings (SSSR count). The summed E-state index contributed by atoms with van der Waals surface area (Å²) in [5, 5.41) is 54.4. The van der Waals surface area contributed by atoms with Gasteiger partial charge in [-0.25, -0.2) is 0 Å². The lowest BCUT2D eigenvalue weighted by atomic mass is 9.99. The molecular weight excluding hydrogens is 1050 g/mol. The van der Waals surface area contributed by atoms with Crippen LogP contribution in [0.5, 0.6) is 0 Å². The first kappa shape index (κ1) is 79.9. The Kier molecular flexibility index (Phi) is 59.4. The maximum atomic E-state index is 13.0. The molecule has 7 unspecified atom stereocenters. The molecule has 1 amide bonds. The smallest absolute Gasteiger partial charge is 0.305 e. The van der Waals surface area contributed by atoms with Gasteiger partial charge >= 0.3 is 5.97 Å². The molecule has 0 aromatic carbocycles. The number of rotatable bonds is 64.